The molecular weight excluding hydrogens is 340 g/mol. The lowest BCUT2D eigenvalue weighted by Gasteiger charge is -2.33. The van der Waals surface area contributed by atoms with Crippen LogP contribution in [0.5, 0.6) is 0 Å². The summed E-state index contributed by atoms with van der Waals surface area (Å²) in [6, 6.07) is 0. The van der Waals surface area contributed by atoms with E-state index in [0.717, 1.165) is 24.7 Å². The van der Waals surface area contributed by atoms with Crippen LogP contribution >= 0.6 is 11.6 Å². The highest BCUT2D eigenvalue weighted by atomic mass is 35.5. The van der Waals surface area contributed by atoms with Crippen LogP contribution in [0.2, 0.25) is 0 Å². The molecule has 0 amide bonds. The van der Waals surface area contributed by atoms with Gasteiger partial charge in [0.1, 0.15) is 0 Å². The maximum Gasteiger partial charge on any atom is 0.159 e. The summed E-state index contributed by atoms with van der Waals surface area (Å²) >= 11 is 5.49. The van der Waals surface area contributed by atoms with E-state index >= 15 is 0 Å². The maximum atomic E-state index is 11.7. The van der Waals surface area contributed by atoms with Crippen LogP contribution in [-0.2, 0) is 4.79 Å². The molecule has 2 heteroatoms. The topological polar surface area (TPSA) is 17.1 Å². The van der Waals surface area contributed by atoms with Crippen molar-refractivity contribution in [2.75, 3.05) is 0 Å². The molecule has 2 saturated carbocycles. The van der Waals surface area contributed by atoms with E-state index in [4.69, 9.17) is 11.6 Å². The van der Waals surface area contributed by atoms with Crippen LogP contribution in [-0.4, -0.2) is 5.78 Å². The average Bonchev–Trinajstić information content (AvgIpc) is 2.58. The molecule has 0 aliphatic heterocycles. The Kier molecular flexibility index (Phi) is 11.7. The summed E-state index contributed by atoms with van der Waals surface area (Å²) in [5, 5.41) is 0. The van der Waals surface area contributed by atoms with Crippen LogP contribution in [0.3, 0.4) is 0 Å². The van der Waals surface area contributed by atoms with Crippen molar-refractivity contribution in [1.82, 2.24) is 0 Å². The van der Waals surface area contributed by atoms with Gasteiger partial charge in [-0.05, 0) is 30.8 Å². The molecule has 0 saturated heterocycles. The Hall–Kier alpha value is -0.300. The summed E-state index contributed by atoms with van der Waals surface area (Å²) in [5.74, 6) is 2.31. The second kappa shape index (κ2) is 13.8. The third-order valence-corrected chi connectivity index (χ3v) is 6.94. The summed E-state index contributed by atoms with van der Waals surface area (Å²) in [7, 11) is 0. The number of halogens is 1. The predicted molar refractivity (Wildman–Crippen MR) is 114 cm³/mol. The van der Waals surface area contributed by atoms with E-state index in [2.05, 4.69) is 0 Å². The quantitative estimate of drug-likeness (QED) is 0.306. The first kappa shape index (κ1) is 22.0. The predicted octanol–water partition coefficient (Wildman–Crippen LogP) is 8.21. The molecule has 150 valence electrons. The summed E-state index contributed by atoms with van der Waals surface area (Å²) in [6.45, 7) is 0. The standard InChI is InChI=1S/C24H41ClO/c25-18-17-24(26)23-19-22(20-23)16-12-8-11-15-21-13-9-6-4-2-1-3-5-7-10-14-21/h17-18,21-23H,1-16,19-20H2/b18-17+. The third-order valence-electron chi connectivity index (χ3n) is 6.81. The van der Waals surface area contributed by atoms with Crippen molar-refractivity contribution < 1.29 is 4.79 Å². The van der Waals surface area contributed by atoms with Gasteiger partial charge < -0.3 is 0 Å². The largest absolute Gasteiger partial charge is 0.295 e. The molecule has 0 aromatic carbocycles. The van der Waals surface area contributed by atoms with Gasteiger partial charge in [-0.25, -0.2) is 0 Å². The van der Waals surface area contributed by atoms with Crippen molar-refractivity contribution in [2.24, 2.45) is 17.8 Å². The average molecular weight is 381 g/mol. The Morgan fingerprint density at radius 1 is 0.731 bits per heavy atom. The van der Waals surface area contributed by atoms with E-state index in [1.165, 1.54) is 114 Å². The van der Waals surface area contributed by atoms with Gasteiger partial charge in [0.25, 0.3) is 0 Å². The molecule has 0 unspecified atom stereocenters. The minimum atomic E-state index is 0.235. The molecular formula is C24H41ClO. The number of allylic oxidation sites excluding steroid dienone is 1. The summed E-state index contributed by atoms with van der Waals surface area (Å²) in [4.78, 5) is 11.7. The maximum absolute atomic E-state index is 11.7. The van der Waals surface area contributed by atoms with Crippen molar-refractivity contribution >= 4 is 17.4 Å². The highest BCUT2D eigenvalue weighted by Gasteiger charge is 2.32. The molecule has 1 nitrogen and oxygen atoms in total. The monoisotopic (exact) mass is 380 g/mol. The molecule has 2 aliphatic carbocycles. The molecule has 0 heterocycles. The zero-order valence-corrected chi connectivity index (χ0v) is 17.7. The van der Waals surface area contributed by atoms with Gasteiger partial charge in [-0.15, -0.1) is 0 Å². The molecule has 0 aromatic rings. The van der Waals surface area contributed by atoms with Gasteiger partial charge in [-0.1, -0.05) is 114 Å². The first-order valence-electron chi connectivity index (χ1n) is 11.6. The van der Waals surface area contributed by atoms with Crippen molar-refractivity contribution in [2.45, 2.75) is 116 Å². The highest BCUT2D eigenvalue weighted by molar-refractivity contribution is 6.26. The van der Waals surface area contributed by atoms with Crippen LogP contribution < -0.4 is 0 Å². The summed E-state index contributed by atoms with van der Waals surface area (Å²) < 4.78 is 0. The van der Waals surface area contributed by atoms with Gasteiger partial charge in [-0.3, -0.25) is 4.79 Å². The Bertz CT molecular complexity index is 385. The first-order valence-corrected chi connectivity index (χ1v) is 12.0. The molecule has 2 aliphatic rings. The van der Waals surface area contributed by atoms with Crippen LogP contribution in [0.15, 0.2) is 11.6 Å². The fourth-order valence-electron chi connectivity index (χ4n) is 4.98. The zero-order chi connectivity index (χ0) is 18.5. The normalized spacial score (nSPS) is 26.8. The molecule has 26 heavy (non-hydrogen) atoms. The van der Waals surface area contributed by atoms with Crippen molar-refractivity contribution in [1.29, 1.82) is 0 Å². The van der Waals surface area contributed by atoms with Crippen LogP contribution in [0.25, 0.3) is 0 Å². The fourth-order valence-corrected chi connectivity index (χ4v) is 5.11. The van der Waals surface area contributed by atoms with Gasteiger partial charge in [0.05, 0.1) is 0 Å². The van der Waals surface area contributed by atoms with Gasteiger partial charge in [0, 0.05) is 11.5 Å². The third kappa shape index (κ3) is 9.07. The van der Waals surface area contributed by atoms with E-state index < -0.39 is 0 Å². The number of hydrogen-bond donors (Lipinski definition) is 0. The van der Waals surface area contributed by atoms with Crippen LogP contribution in [0.4, 0.5) is 0 Å². The van der Waals surface area contributed by atoms with E-state index in [9.17, 15) is 4.79 Å². The molecule has 0 spiro atoms. The van der Waals surface area contributed by atoms with E-state index in [0.29, 0.717) is 0 Å². The molecule has 0 aromatic heterocycles. The Morgan fingerprint density at radius 3 is 1.77 bits per heavy atom. The van der Waals surface area contributed by atoms with E-state index in [-0.39, 0.29) is 11.7 Å². The second-order valence-corrected chi connectivity index (χ2v) is 9.24. The smallest absolute Gasteiger partial charge is 0.159 e. The lowest BCUT2D eigenvalue weighted by atomic mass is 9.70. The van der Waals surface area contributed by atoms with Crippen LogP contribution in [0, 0.1) is 17.8 Å². The zero-order valence-electron chi connectivity index (χ0n) is 16.9. The van der Waals surface area contributed by atoms with Crippen LogP contribution in [0.1, 0.15) is 116 Å². The lowest BCUT2D eigenvalue weighted by molar-refractivity contribution is -0.122. The highest BCUT2D eigenvalue weighted by Crippen LogP contribution is 2.38. The number of carbonyl (C=O) groups excluding carboxylic acids is 1. The number of ketones is 1. The van der Waals surface area contributed by atoms with Gasteiger partial charge in [-0.2, -0.15) is 0 Å². The SMILES string of the molecule is O=C(/C=C/Cl)C1CC(CCCCCC2CCCCCCCCCCC2)C1. The molecule has 2 rings (SSSR count). The van der Waals surface area contributed by atoms with Crippen molar-refractivity contribution in [3.8, 4) is 0 Å². The number of rotatable bonds is 8. The summed E-state index contributed by atoms with van der Waals surface area (Å²) in [6.07, 6.45) is 26.9. The lowest BCUT2D eigenvalue weighted by Crippen LogP contribution is -2.29. The molecule has 2 fully saturated rings. The molecule has 0 atom stereocenters. The van der Waals surface area contributed by atoms with Crippen molar-refractivity contribution in [3.63, 3.8) is 0 Å². The van der Waals surface area contributed by atoms with Gasteiger partial charge in [0.2, 0.25) is 0 Å². The summed E-state index contributed by atoms with van der Waals surface area (Å²) in [5.41, 5.74) is 1.36. The Morgan fingerprint density at radius 2 is 1.23 bits per heavy atom. The minimum Gasteiger partial charge on any atom is -0.295 e. The Balaban J connectivity index is 1.50. The van der Waals surface area contributed by atoms with E-state index in [1.807, 2.05) is 0 Å². The number of unbranched alkanes of at least 4 members (excludes halogenated alkanes) is 2. The fraction of sp³-hybridized carbons (Fsp3) is 0.875. The van der Waals surface area contributed by atoms with Gasteiger partial charge in [0.15, 0.2) is 5.78 Å². The second-order valence-electron chi connectivity index (χ2n) is 8.99. The van der Waals surface area contributed by atoms with Gasteiger partial charge >= 0.3 is 0 Å². The Labute approximate surface area is 167 Å². The number of carbonyl (C=O) groups is 1. The minimum absolute atomic E-state index is 0.235. The first-order chi connectivity index (χ1) is 12.8. The van der Waals surface area contributed by atoms with E-state index in [1.54, 1.807) is 0 Å². The molecule has 0 N–H and O–H groups in total. The molecule has 0 bridgehead atoms. The number of hydrogen-bond acceptors (Lipinski definition) is 1. The van der Waals surface area contributed by atoms with Crippen molar-refractivity contribution in [3.05, 3.63) is 11.6 Å². The molecule has 0 radical (unpaired) electrons.